The summed E-state index contributed by atoms with van der Waals surface area (Å²) >= 11 is 1.64. The number of piperidine rings is 1. The molecule has 6 nitrogen and oxygen atoms in total. The molecule has 0 aliphatic carbocycles. The van der Waals surface area contributed by atoms with Gasteiger partial charge >= 0.3 is 12.2 Å². The zero-order chi connectivity index (χ0) is 19.4. The van der Waals surface area contributed by atoms with Crippen molar-refractivity contribution in [2.24, 2.45) is 0 Å². The van der Waals surface area contributed by atoms with Crippen LogP contribution in [0.5, 0.6) is 0 Å². The fourth-order valence-corrected chi connectivity index (χ4v) is 4.15. The van der Waals surface area contributed by atoms with Crippen LogP contribution >= 0.6 is 11.3 Å². The van der Waals surface area contributed by atoms with Gasteiger partial charge < -0.3 is 5.32 Å². The summed E-state index contributed by atoms with van der Waals surface area (Å²) in [4.78, 5) is 29.8. The summed E-state index contributed by atoms with van der Waals surface area (Å²) in [6.07, 6.45) is -2.67. The first-order valence-electron chi connectivity index (χ1n) is 8.52. The molecule has 1 aromatic heterocycles. The second kappa shape index (κ2) is 8.22. The maximum absolute atomic E-state index is 12.1. The molecule has 3 amide bonds. The third kappa shape index (κ3) is 5.64. The molecule has 2 N–H and O–H groups in total. The van der Waals surface area contributed by atoms with E-state index in [1.165, 1.54) is 0 Å². The van der Waals surface area contributed by atoms with Gasteiger partial charge in [0.25, 0.3) is 0 Å². The van der Waals surface area contributed by atoms with Crippen LogP contribution in [-0.4, -0.2) is 54.2 Å². The topological polar surface area (TPSA) is 74.3 Å². The molecule has 0 radical (unpaired) electrons. The van der Waals surface area contributed by atoms with E-state index in [1.54, 1.807) is 16.7 Å². The van der Waals surface area contributed by atoms with Gasteiger partial charge in [0.15, 0.2) is 0 Å². The van der Waals surface area contributed by atoms with Crippen molar-refractivity contribution in [2.45, 2.75) is 24.9 Å². The summed E-state index contributed by atoms with van der Waals surface area (Å²) in [7, 11) is 0. The third-order valence-electron chi connectivity index (χ3n) is 4.23. The molecule has 1 aliphatic heterocycles. The number of imide groups is 1. The van der Waals surface area contributed by atoms with E-state index in [2.05, 4.69) is 4.98 Å². The second-order valence-electron chi connectivity index (χ2n) is 6.44. The Morgan fingerprint density at radius 3 is 2.81 bits per heavy atom. The number of urea groups is 1. The predicted octanol–water partition coefficient (Wildman–Crippen LogP) is 2.86. The van der Waals surface area contributed by atoms with Crippen LogP contribution in [0.15, 0.2) is 24.3 Å². The Hall–Kier alpha value is -2.20. The van der Waals surface area contributed by atoms with E-state index >= 15 is 0 Å². The van der Waals surface area contributed by atoms with Gasteiger partial charge in [-0.2, -0.15) is 13.2 Å². The number of thiazole rings is 1. The number of para-hydroxylation sites is 1. The van der Waals surface area contributed by atoms with E-state index in [0.29, 0.717) is 13.1 Å². The number of alkyl halides is 3. The normalized spacial score (nSPS) is 18.4. The number of amides is 3. The zero-order valence-corrected chi connectivity index (χ0v) is 15.2. The Bertz CT molecular complexity index is 791. The lowest BCUT2D eigenvalue weighted by molar-refractivity contribution is -0.125. The molecule has 1 fully saturated rings. The summed E-state index contributed by atoms with van der Waals surface area (Å²) in [6, 6.07) is 6.74. The van der Waals surface area contributed by atoms with Gasteiger partial charge in [-0.3, -0.25) is 15.0 Å². The molecule has 0 bridgehead atoms. The second-order valence-corrected chi connectivity index (χ2v) is 7.50. The number of hydrogen-bond acceptors (Lipinski definition) is 5. The number of nitrogens with zero attached hydrogens (tertiary/aromatic N) is 2. The number of rotatable bonds is 4. The summed E-state index contributed by atoms with van der Waals surface area (Å²) < 4.78 is 37.3. The fourth-order valence-electron chi connectivity index (χ4n) is 3.06. The highest BCUT2D eigenvalue weighted by Gasteiger charge is 2.29. The number of benzene rings is 1. The maximum Gasteiger partial charge on any atom is 0.405 e. The smallest absolute Gasteiger partial charge is 0.329 e. The molecule has 1 saturated heterocycles. The molecule has 2 aromatic rings. The third-order valence-corrected chi connectivity index (χ3v) is 5.43. The SMILES string of the molecule is O=C(CN1CCCC(c2nc3ccccc3s2)C1)NC(=O)NCC(F)(F)F. The van der Waals surface area contributed by atoms with Gasteiger partial charge in [-0.05, 0) is 31.5 Å². The van der Waals surface area contributed by atoms with Crippen molar-refractivity contribution in [1.82, 2.24) is 20.5 Å². The fraction of sp³-hybridized carbons (Fsp3) is 0.471. The Morgan fingerprint density at radius 2 is 2.07 bits per heavy atom. The van der Waals surface area contributed by atoms with Crippen molar-refractivity contribution >= 4 is 33.5 Å². The Morgan fingerprint density at radius 1 is 1.30 bits per heavy atom. The van der Waals surface area contributed by atoms with Crippen LogP contribution in [0, 0.1) is 0 Å². The monoisotopic (exact) mass is 400 g/mol. The molecule has 1 aromatic carbocycles. The summed E-state index contributed by atoms with van der Waals surface area (Å²) in [5.74, 6) is -0.428. The standard InChI is InChI=1S/C17H19F3N4O2S/c18-17(19,20)10-21-16(26)23-14(25)9-24-7-3-4-11(8-24)15-22-12-5-1-2-6-13(12)27-15/h1-2,5-6,11H,3-4,7-10H2,(H2,21,23,25,26). The zero-order valence-electron chi connectivity index (χ0n) is 14.4. The summed E-state index contributed by atoms with van der Waals surface area (Å²) in [5, 5.41) is 4.57. The van der Waals surface area contributed by atoms with Crippen LogP contribution in [0.3, 0.4) is 0 Å². The highest BCUT2D eigenvalue weighted by Crippen LogP contribution is 2.32. The van der Waals surface area contributed by atoms with Crippen molar-refractivity contribution in [3.05, 3.63) is 29.3 Å². The molecule has 0 spiro atoms. The maximum atomic E-state index is 12.1. The average molecular weight is 400 g/mol. The van der Waals surface area contributed by atoms with E-state index in [9.17, 15) is 22.8 Å². The van der Waals surface area contributed by atoms with Gasteiger partial charge in [0.1, 0.15) is 6.54 Å². The van der Waals surface area contributed by atoms with E-state index < -0.39 is 24.7 Å². The lowest BCUT2D eigenvalue weighted by Gasteiger charge is -2.31. The van der Waals surface area contributed by atoms with Crippen molar-refractivity contribution in [3.8, 4) is 0 Å². The highest BCUT2D eigenvalue weighted by molar-refractivity contribution is 7.18. The minimum absolute atomic E-state index is 0.0408. The van der Waals surface area contributed by atoms with Crippen LogP contribution in [0.4, 0.5) is 18.0 Å². The van der Waals surface area contributed by atoms with Crippen LogP contribution in [-0.2, 0) is 4.79 Å². The quantitative estimate of drug-likeness (QED) is 0.828. The first-order chi connectivity index (χ1) is 12.8. The largest absolute Gasteiger partial charge is 0.405 e. The van der Waals surface area contributed by atoms with E-state index in [4.69, 9.17) is 0 Å². The number of fused-ring (bicyclic) bond motifs is 1. The van der Waals surface area contributed by atoms with Crippen molar-refractivity contribution < 1.29 is 22.8 Å². The lowest BCUT2D eigenvalue weighted by Crippen LogP contribution is -2.48. The van der Waals surface area contributed by atoms with Gasteiger partial charge in [-0.1, -0.05) is 12.1 Å². The molecule has 0 saturated carbocycles. The van der Waals surface area contributed by atoms with Crippen LogP contribution in [0.25, 0.3) is 10.2 Å². The molecule has 1 unspecified atom stereocenters. The molecule has 1 atom stereocenters. The van der Waals surface area contributed by atoms with E-state index in [-0.39, 0.29) is 12.5 Å². The van der Waals surface area contributed by atoms with Crippen LogP contribution < -0.4 is 10.6 Å². The molecule has 2 heterocycles. The van der Waals surface area contributed by atoms with Gasteiger partial charge in [0, 0.05) is 12.5 Å². The minimum Gasteiger partial charge on any atom is -0.329 e. The van der Waals surface area contributed by atoms with Crippen molar-refractivity contribution in [3.63, 3.8) is 0 Å². The van der Waals surface area contributed by atoms with Crippen molar-refractivity contribution in [1.29, 1.82) is 0 Å². The number of carbonyl (C=O) groups excluding carboxylic acids is 2. The van der Waals surface area contributed by atoms with E-state index in [0.717, 1.165) is 28.1 Å². The van der Waals surface area contributed by atoms with Crippen LogP contribution in [0.2, 0.25) is 0 Å². The Kier molecular flexibility index (Phi) is 5.95. The molecule has 146 valence electrons. The first-order valence-corrected chi connectivity index (χ1v) is 9.34. The molecule has 1 aliphatic rings. The van der Waals surface area contributed by atoms with Gasteiger partial charge in [0.05, 0.1) is 21.8 Å². The Balaban J connectivity index is 1.52. The molecule has 27 heavy (non-hydrogen) atoms. The number of hydrogen-bond donors (Lipinski definition) is 2. The average Bonchev–Trinajstić information content (AvgIpc) is 3.04. The van der Waals surface area contributed by atoms with Gasteiger partial charge in [0.2, 0.25) is 5.91 Å². The number of aromatic nitrogens is 1. The molecular weight excluding hydrogens is 381 g/mol. The molecular formula is C17H19F3N4O2S. The predicted molar refractivity (Wildman–Crippen MR) is 95.6 cm³/mol. The molecule has 10 heteroatoms. The number of likely N-dealkylation sites (tertiary alicyclic amines) is 1. The summed E-state index contributed by atoms with van der Waals surface area (Å²) in [5.41, 5.74) is 0.953. The van der Waals surface area contributed by atoms with E-state index in [1.807, 2.05) is 34.5 Å². The number of carbonyl (C=O) groups is 2. The highest BCUT2D eigenvalue weighted by atomic mass is 32.1. The minimum atomic E-state index is -4.52. The van der Waals surface area contributed by atoms with Crippen molar-refractivity contribution in [2.75, 3.05) is 26.2 Å². The Labute approximate surface area is 157 Å². The van der Waals surface area contributed by atoms with Gasteiger partial charge in [-0.25, -0.2) is 9.78 Å². The number of nitrogens with one attached hydrogen (secondary N) is 2. The van der Waals surface area contributed by atoms with Crippen LogP contribution in [0.1, 0.15) is 23.8 Å². The van der Waals surface area contributed by atoms with Gasteiger partial charge in [-0.15, -0.1) is 11.3 Å². The summed E-state index contributed by atoms with van der Waals surface area (Å²) in [6.45, 7) is -0.202. The number of halogens is 3. The lowest BCUT2D eigenvalue weighted by atomic mass is 9.99. The molecule has 3 rings (SSSR count). The first kappa shape index (κ1) is 19.6.